The van der Waals surface area contributed by atoms with Gasteiger partial charge in [-0.2, -0.15) is 71.8 Å². The van der Waals surface area contributed by atoms with Crippen LogP contribution in [0, 0.1) is 12.1 Å². The van der Waals surface area contributed by atoms with Gasteiger partial charge in [0.05, 0.1) is 0 Å². The maximum Gasteiger partial charge on any atom is 0 e. The van der Waals surface area contributed by atoms with Crippen molar-refractivity contribution in [2.75, 3.05) is 0 Å². The van der Waals surface area contributed by atoms with E-state index in [9.17, 15) is 0 Å². The molecule has 0 nitrogen and oxygen atoms in total. The number of rotatable bonds is 3. The van der Waals surface area contributed by atoms with Crippen LogP contribution in [0.5, 0.6) is 0 Å². The van der Waals surface area contributed by atoms with Crippen LogP contribution in [-0.2, 0) is 78.3 Å². The van der Waals surface area contributed by atoms with E-state index in [1.54, 1.807) is 0 Å². The Balaban J connectivity index is -0.000000444. The molecule has 0 aliphatic rings. The van der Waals surface area contributed by atoms with Crippen molar-refractivity contribution in [1.29, 1.82) is 0 Å². The molecule has 0 aliphatic heterocycles. The Hall–Kier alpha value is 0.648. The molecule has 0 amide bonds. The zero-order chi connectivity index (χ0) is 13.6. The fourth-order valence-corrected chi connectivity index (χ4v) is 1.46. The van der Waals surface area contributed by atoms with Crippen molar-refractivity contribution in [3.05, 3.63) is 71.8 Å². The molecule has 20 heavy (non-hydrogen) atoms. The third-order valence-electron chi connectivity index (χ3n) is 2.28. The van der Waals surface area contributed by atoms with E-state index >= 15 is 0 Å². The topological polar surface area (TPSA) is 0 Å². The van der Waals surface area contributed by atoms with Crippen LogP contribution >= 0.6 is 0 Å². The first kappa shape index (κ1) is 25.6. The zero-order valence-corrected chi connectivity index (χ0v) is 18.9. The summed E-state index contributed by atoms with van der Waals surface area (Å²) < 4.78 is 0. The summed E-state index contributed by atoms with van der Waals surface area (Å²) in [6, 6.07) is 22.4. The van der Waals surface area contributed by atoms with Gasteiger partial charge < -0.3 is 0 Å². The van der Waals surface area contributed by atoms with E-state index in [1.807, 2.05) is 52.0 Å². The van der Waals surface area contributed by atoms with Crippen LogP contribution in [0.3, 0.4) is 0 Å². The Labute approximate surface area is 175 Å². The zero-order valence-electron chi connectivity index (χ0n) is 13.2. The molecule has 2 aromatic carbocycles. The summed E-state index contributed by atoms with van der Waals surface area (Å²) in [4.78, 5) is 0. The minimum Gasteiger partial charge on any atom is -0.184 e. The molecule has 0 bridgehead atoms. The third kappa shape index (κ3) is 12.4. The van der Waals surface area contributed by atoms with Gasteiger partial charge in [0.15, 0.2) is 0 Å². The number of benzene rings is 2. The number of hydrogen-bond acceptors (Lipinski definition) is 0. The number of hydrogen-bond donors (Lipinski definition) is 0. The second kappa shape index (κ2) is 19.6. The predicted octanol–water partition coefficient (Wildman–Crippen LogP) is 5.12. The molecular weight excluding hydrogens is 394 g/mol. The summed E-state index contributed by atoms with van der Waals surface area (Å²) in [5, 5.41) is 0. The van der Waals surface area contributed by atoms with E-state index in [0.717, 1.165) is 12.8 Å². The summed E-state index contributed by atoms with van der Waals surface area (Å²) in [5.41, 5.74) is 2.74. The average Bonchev–Trinajstić information content (AvgIpc) is 2.51. The Bertz CT molecular complexity index is 332. The third-order valence-corrected chi connectivity index (χ3v) is 2.28. The van der Waals surface area contributed by atoms with Crippen LogP contribution in [0.15, 0.2) is 48.5 Å². The summed E-state index contributed by atoms with van der Waals surface area (Å²) in [6.45, 7) is 8.00. The first-order chi connectivity index (χ1) is 8.95. The summed E-state index contributed by atoms with van der Waals surface area (Å²) in [6.07, 6.45) is 2.19. The maximum atomic E-state index is 3.03. The summed E-state index contributed by atoms with van der Waals surface area (Å²) in [7, 11) is 0. The van der Waals surface area contributed by atoms with E-state index in [2.05, 4.69) is 36.4 Å². The van der Waals surface area contributed by atoms with Crippen molar-refractivity contribution in [1.82, 2.24) is 0 Å². The van der Waals surface area contributed by atoms with Crippen molar-refractivity contribution in [3.63, 3.8) is 0 Å². The first-order valence-electron chi connectivity index (χ1n) is 6.85. The quantitative estimate of drug-likeness (QED) is 0.608. The molecule has 2 aromatic rings. The predicted molar refractivity (Wildman–Crippen MR) is 80.7 cm³/mol. The van der Waals surface area contributed by atoms with Crippen molar-refractivity contribution in [2.45, 2.75) is 40.5 Å². The molecule has 0 spiro atoms. The minimum atomic E-state index is 0. The fourth-order valence-electron chi connectivity index (χ4n) is 1.46. The van der Waals surface area contributed by atoms with Crippen molar-refractivity contribution < 1.29 is 65.4 Å². The molecule has 0 N–H and O–H groups in total. The van der Waals surface area contributed by atoms with Gasteiger partial charge in [0.1, 0.15) is 0 Å². The van der Waals surface area contributed by atoms with Crippen LogP contribution in [-0.4, -0.2) is 0 Å². The number of aryl methyl sites for hydroxylation is 2. The van der Waals surface area contributed by atoms with Crippen LogP contribution in [0.2, 0.25) is 0 Å². The van der Waals surface area contributed by atoms with Gasteiger partial charge in [0.25, 0.3) is 0 Å². The largest absolute Gasteiger partial charge is 0.184 e. The molecule has 0 fully saturated rings. The van der Waals surface area contributed by atoms with E-state index in [0.29, 0.717) is 0 Å². The van der Waals surface area contributed by atoms with E-state index in [4.69, 9.17) is 0 Å². The minimum absolute atomic E-state index is 0. The molecule has 0 atom stereocenters. The fraction of sp³-hybridized carbons (Fsp3) is 0.333. The van der Waals surface area contributed by atoms with Crippen molar-refractivity contribution in [3.8, 4) is 0 Å². The molecule has 2 radical (unpaired) electrons. The molecule has 0 unspecified atom stereocenters. The maximum absolute atomic E-state index is 3.03. The van der Waals surface area contributed by atoms with Crippen molar-refractivity contribution in [2.24, 2.45) is 0 Å². The molecular formula is C18H24Y2-2. The molecule has 0 aliphatic carbocycles. The monoisotopic (exact) mass is 418 g/mol. The first-order valence-corrected chi connectivity index (χ1v) is 6.85. The summed E-state index contributed by atoms with van der Waals surface area (Å²) in [5.74, 6) is 0. The Morgan fingerprint density at radius 3 is 1.10 bits per heavy atom. The second-order valence-corrected chi connectivity index (χ2v) is 3.32. The van der Waals surface area contributed by atoms with E-state index < -0.39 is 0 Å². The molecule has 104 valence electrons. The van der Waals surface area contributed by atoms with Crippen LogP contribution in [0.25, 0.3) is 0 Å². The van der Waals surface area contributed by atoms with Gasteiger partial charge in [0, 0.05) is 65.4 Å². The van der Waals surface area contributed by atoms with Crippen molar-refractivity contribution >= 4 is 0 Å². The van der Waals surface area contributed by atoms with Gasteiger partial charge in [-0.1, -0.05) is 27.7 Å². The molecule has 2 rings (SSSR count). The Morgan fingerprint density at radius 2 is 0.850 bits per heavy atom. The molecule has 0 aromatic heterocycles. The SMILES string of the molecule is CC.CC.[Y].[Y].[c-]1ccc(CCc2cc[c-]cc2)cc1. The molecule has 0 saturated heterocycles. The van der Waals surface area contributed by atoms with Gasteiger partial charge in [-0.15, -0.1) is 0 Å². The van der Waals surface area contributed by atoms with E-state index in [-0.39, 0.29) is 65.4 Å². The summed E-state index contributed by atoms with van der Waals surface area (Å²) >= 11 is 0. The van der Waals surface area contributed by atoms with E-state index in [1.165, 1.54) is 11.1 Å². The second-order valence-electron chi connectivity index (χ2n) is 3.32. The van der Waals surface area contributed by atoms with Gasteiger partial charge in [-0.3, -0.25) is 0 Å². The van der Waals surface area contributed by atoms with Crippen LogP contribution in [0.1, 0.15) is 38.8 Å². The smallest absolute Gasteiger partial charge is 0 e. The van der Waals surface area contributed by atoms with Gasteiger partial charge in [0.2, 0.25) is 0 Å². The van der Waals surface area contributed by atoms with Gasteiger partial charge in [-0.05, 0) is 12.8 Å². The standard InChI is InChI=1S/C14H12.2C2H6.2Y/c1-3-7-13(8-4-1)11-12-14-9-5-2-6-10-14;2*1-2;;/h3-10H,11-12H2;2*1-2H3;;/q-2;;;;. The normalized spacial score (nSPS) is 7.60. The Kier molecular flexibility index (Phi) is 25.1. The van der Waals surface area contributed by atoms with Gasteiger partial charge in [-0.25, -0.2) is 0 Å². The van der Waals surface area contributed by atoms with Crippen LogP contribution in [0.4, 0.5) is 0 Å². The average molecular weight is 418 g/mol. The van der Waals surface area contributed by atoms with Crippen LogP contribution < -0.4 is 0 Å². The molecule has 2 heteroatoms. The molecule has 0 saturated carbocycles. The van der Waals surface area contributed by atoms with Gasteiger partial charge >= 0.3 is 0 Å². The molecule has 0 heterocycles. The Morgan fingerprint density at radius 1 is 0.600 bits per heavy atom.